The molecule has 3 aromatic rings. The molecule has 1 saturated heterocycles. The summed E-state index contributed by atoms with van der Waals surface area (Å²) < 4.78 is 13.7. The molecule has 0 unspecified atom stereocenters. The topological polar surface area (TPSA) is 138 Å². The van der Waals surface area contributed by atoms with Gasteiger partial charge in [-0.1, -0.05) is 55.6 Å². The number of halogens is 3. The molecule has 224 valence electrons. The summed E-state index contributed by atoms with van der Waals surface area (Å²) in [6, 6.07) is 7.58. The van der Waals surface area contributed by atoms with Crippen molar-refractivity contribution in [1.29, 1.82) is 5.41 Å². The summed E-state index contributed by atoms with van der Waals surface area (Å²) in [5.74, 6) is -0.598. The molecule has 14 heteroatoms. The van der Waals surface area contributed by atoms with Gasteiger partial charge in [-0.3, -0.25) is 15.2 Å². The number of pyridine rings is 1. The second-order valence-corrected chi connectivity index (χ2v) is 19.7. The van der Waals surface area contributed by atoms with E-state index in [9.17, 15) is 15.0 Å². The number of alkyl halides is 3. The summed E-state index contributed by atoms with van der Waals surface area (Å²) in [5.41, 5.74) is 1.35. The Morgan fingerprint density at radius 3 is 2.44 bits per heavy atom. The summed E-state index contributed by atoms with van der Waals surface area (Å²) in [4.78, 5) is 21.9. The van der Waals surface area contributed by atoms with Gasteiger partial charge < -0.3 is 29.1 Å². The van der Waals surface area contributed by atoms with Crippen LogP contribution in [0.5, 0.6) is 5.75 Å². The number of thioether (sulfide) groups is 1. The van der Waals surface area contributed by atoms with Crippen molar-refractivity contribution < 1.29 is 28.9 Å². The summed E-state index contributed by atoms with van der Waals surface area (Å²) in [5, 5.41) is 31.7. The van der Waals surface area contributed by atoms with Crippen LogP contribution < -0.4 is 4.43 Å². The van der Waals surface area contributed by atoms with Crippen molar-refractivity contribution in [3.05, 3.63) is 36.2 Å². The minimum Gasteiger partial charge on any atom is -0.543 e. The van der Waals surface area contributed by atoms with E-state index in [-0.39, 0.29) is 10.7 Å². The highest BCUT2D eigenvalue weighted by molar-refractivity contribution is 8.00. The monoisotopic (exact) mass is 661 g/mol. The van der Waals surface area contributed by atoms with Crippen molar-refractivity contribution in [2.45, 2.75) is 79.0 Å². The molecule has 41 heavy (non-hydrogen) atoms. The number of carbonyl (C=O) groups is 1. The summed E-state index contributed by atoms with van der Waals surface area (Å²) in [6.07, 6.45) is -2.80. The molecule has 2 aromatic heterocycles. The number of aromatic nitrogens is 2. The standard InChI is InChI=1S/C27H34Cl3N3O6SSi/c1-13-26(40-5,22(36)20(34)23(37-13)38-24(31)27(28,29)30)21(35)19-18-15(10-11-32-19)16-12-14(8-9-17(16)33-18)39-41(6,7)25(2,3)4/h8-13,20,22-23,31,33-34,36H,1-7H3/t13-,20+,22-,23+,26+/m1/s1. The lowest BCUT2D eigenvalue weighted by atomic mass is 9.83. The smallest absolute Gasteiger partial charge is 0.265 e. The number of H-pyrrole nitrogens is 1. The number of aromatic amines is 1. The van der Waals surface area contributed by atoms with Crippen LogP contribution in [0.4, 0.5) is 0 Å². The van der Waals surface area contributed by atoms with Crippen LogP contribution in [0.15, 0.2) is 30.5 Å². The van der Waals surface area contributed by atoms with Crippen molar-refractivity contribution in [3.8, 4) is 5.75 Å². The number of Topliss-reactive ketones (excluding diaryl/α,β-unsaturated/α-hetero) is 1. The first-order valence-corrected chi connectivity index (χ1v) is 18.1. The molecule has 9 nitrogen and oxygen atoms in total. The van der Waals surface area contributed by atoms with Crippen LogP contribution in [-0.2, 0) is 9.47 Å². The zero-order chi connectivity index (χ0) is 30.7. The molecular weight excluding hydrogens is 629 g/mol. The number of hydrogen-bond acceptors (Lipinski definition) is 9. The Hall–Kier alpha value is -1.57. The first-order valence-electron chi connectivity index (χ1n) is 12.9. The van der Waals surface area contributed by atoms with E-state index in [4.69, 9.17) is 54.1 Å². The highest BCUT2D eigenvalue weighted by Gasteiger charge is 2.60. The third-order valence-electron chi connectivity index (χ3n) is 8.05. The average molecular weight is 663 g/mol. The van der Waals surface area contributed by atoms with Crippen LogP contribution in [0.3, 0.4) is 0 Å². The van der Waals surface area contributed by atoms with Crippen molar-refractivity contribution in [2.75, 3.05) is 6.26 Å². The molecule has 1 aliphatic rings. The van der Waals surface area contributed by atoms with Gasteiger partial charge in [-0.2, -0.15) is 0 Å². The van der Waals surface area contributed by atoms with Gasteiger partial charge in [0.05, 0.1) is 11.6 Å². The average Bonchev–Trinajstić information content (AvgIpc) is 3.24. The maximum Gasteiger partial charge on any atom is 0.265 e. The number of nitrogens with zero attached hydrogens (tertiary/aromatic N) is 1. The van der Waals surface area contributed by atoms with Gasteiger partial charge in [0.2, 0.25) is 26.3 Å². The Morgan fingerprint density at radius 2 is 1.85 bits per heavy atom. The molecule has 0 radical (unpaired) electrons. The van der Waals surface area contributed by atoms with Gasteiger partial charge in [-0.05, 0) is 55.6 Å². The molecule has 1 aromatic carbocycles. The Morgan fingerprint density at radius 1 is 1.20 bits per heavy atom. The lowest BCUT2D eigenvalue weighted by Gasteiger charge is -2.48. The van der Waals surface area contributed by atoms with E-state index < -0.39 is 53.1 Å². The Bertz CT molecular complexity index is 1490. The fourth-order valence-electron chi connectivity index (χ4n) is 4.68. The molecule has 1 aliphatic heterocycles. The molecule has 4 rings (SSSR count). The van der Waals surface area contributed by atoms with E-state index in [1.807, 2.05) is 24.3 Å². The van der Waals surface area contributed by atoms with E-state index in [1.165, 1.54) is 6.20 Å². The minimum absolute atomic E-state index is 0.0212. The lowest BCUT2D eigenvalue weighted by molar-refractivity contribution is -0.243. The van der Waals surface area contributed by atoms with Crippen LogP contribution >= 0.6 is 46.6 Å². The van der Waals surface area contributed by atoms with Gasteiger partial charge in [0, 0.05) is 22.5 Å². The zero-order valence-electron chi connectivity index (χ0n) is 23.7. The molecular formula is C27H34Cl3N3O6SSi. The van der Waals surface area contributed by atoms with Crippen LogP contribution in [0.2, 0.25) is 18.1 Å². The fraction of sp³-hybridized carbons (Fsp3) is 0.519. The minimum atomic E-state index is -2.20. The van der Waals surface area contributed by atoms with Gasteiger partial charge in [-0.25, -0.2) is 0 Å². The Labute approximate surface area is 258 Å². The van der Waals surface area contributed by atoms with Gasteiger partial charge >= 0.3 is 0 Å². The summed E-state index contributed by atoms with van der Waals surface area (Å²) >= 11 is 18.1. The second-order valence-electron chi connectivity index (χ2n) is 11.6. The summed E-state index contributed by atoms with van der Waals surface area (Å²) in [6.45, 7) is 12.4. The van der Waals surface area contributed by atoms with Crippen LogP contribution in [0.25, 0.3) is 21.8 Å². The number of ether oxygens (including phenoxy) is 2. The first kappa shape index (κ1) is 32.3. The molecule has 0 amide bonds. The number of rotatable bonds is 6. The van der Waals surface area contributed by atoms with Crippen molar-refractivity contribution in [1.82, 2.24) is 9.97 Å². The van der Waals surface area contributed by atoms with E-state index in [1.54, 1.807) is 13.2 Å². The molecule has 0 aliphatic carbocycles. The lowest BCUT2D eigenvalue weighted by Crippen LogP contribution is -2.67. The Balaban J connectivity index is 1.73. The normalized spacial score (nSPS) is 25.9. The molecule has 1 fully saturated rings. The largest absolute Gasteiger partial charge is 0.543 e. The molecule has 0 spiro atoms. The summed E-state index contributed by atoms with van der Waals surface area (Å²) in [7, 11) is -2.09. The van der Waals surface area contributed by atoms with Gasteiger partial charge in [0.25, 0.3) is 3.79 Å². The fourth-order valence-corrected chi connectivity index (χ4v) is 6.88. The number of aliphatic hydroxyl groups is 2. The third kappa shape index (κ3) is 5.72. The third-order valence-corrected chi connectivity index (χ3v) is 14.4. The number of fused-ring (bicyclic) bond motifs is 3. The van der Waals surface area contributed by atoms with Gasteiger partial charge in [-0.15, -0.1) is 11.8 Å². The SMILES string of the molecule is CS[C@@]1(C(=O)c2nccc3c2[nH]c2ccc(O[Si](C)(C)C(C)(C)C)cc23)[C@H](O)[C@H](O)[C@H](OC(=N)C(Cl)(Cl)Cl)O[C@@H]1C. The Kier molecular flexibility index (Phi) is 8.81. The molecule has 3 heterocycles. The van der Waals surface area contributed by atoms with Gasteiger partial charge in [0.15, 0.2) is 0 Å². The van der Waals surface area contributed by atoms with E-state index in [0.717, 1.165) is 33.8 Å². The molecule has 0 saturated carbocycles. The predicted octanol–water partition coefficient (Wildman–Crippen LogP) is 6.22. The first-order chi connectivity index (χ1) is 18.8. The maximum absolute atomic E-state index is 14.2. The van der Waals surface area contributed by atoms with Crippen molar-refractivity contribution in [2.24, 2.45) is 0 Å². The van der Waals surface area contributed by atoms with E-state index in [0.29, 0.717) is 5.52 Å². The van der Waals surface area contributed by atoms with E-state index in [2.05, 4.69) is 43.8 Å². The van der Waals surface area contributed by atoms with Crippen LogP contribution in [0.1, 0.15) is 38.2 Å². The van der Waals surface area contributed by atoms with E-state index >= 15 is 0 Å². The quantitative estimate of drug-likeness (QED) is 0.0803. The van der Waals surface area contributed by atoms with Crippen LogP contribution in [0, 0.1) is 5.41 Å². The number of carbonyl (C=O) groups excluding carboxylic acids is 1. The van der Waals surface area contributed by atoms with Crippen molar-refractivity contribution in [3.63, 3.8) is 0 Å². The molecule has 5 atom stereocenters. The number of benzene rings is 1. The number of hydrogen-bond donors (Lipinski definition) is 4. The number of nitrogens with one attached hydrogen (secondary N) is 2. The highest BCUT2D eigenvalue weighted by atomic mass is 35.6. The second kappa shape index (κ2) is 11.2. The number of aliphatic hydroxyl groups excluding tert-OH is 2. The molecule has 4 N–H and O–H groups in total. The predicted molar refractivity (Wildman–Crippen MR) is 167 cm³/mol. The zero-order valence-corrected chi connectivity index (χ0v) is 27.8. The molecule has 0 bridgehead atoms. The number of ketones is 1. The van der Waals surface area contributed by atoms with Crippen LogP contribution in [-0.4, -0.2) is 79.6 Å². The van der Waals surface area contributed by atoms with Crippen molar-refractivity contribution >= 4 is 88.4 Å². The van der Waals surface area contributed by atoms with Gasteiger partial charge in [0.1, 0.15) is 28.4 Å². The highest BCUT2D eigenvalue weighted by Crippen LogP contribution is 2.44. The maximum atomic E-state index is 14.2.